The Balaban J connectivity index is 1.22. The Hall–Kier alpha value is -3.32. The second-order valence-corrected chi connectivity index (χ2v) is 10.3. The predicted molar refractivity (Wildman–Crippen MR) is 141 cm³/mol. The number of aromatic hydroxyl groups is 1. The number of nitrogens with zero attached hydrogens (tertiary/aromatic N) is 4. The SMILES string of the molecule is Nc1nnc(-c2ccccc2O)cc1N1C[C@H]2CC[C@@H](C1)N2c1cccc(CC2CCNCC2)c1. The second-order valence-electron chi connectivity index (χ2n) is 10.3. The highest BCUT2D eigenvalue weighted by atomic mass is 16.3. The topological polar surface area (TPSA) is 90.5 Å². The molecule has 3 aromatic rings. The summed E-state index contributed by atoms with van der Waals surface area (Å²) in [4.78, 5) is 5.02. The highest BCUT2D eigenvalue weighted by Gasteiger charge is 2.40. The highest BCUT2D eigenvalue weighted by molar-refractivity contribution is 5.74. The molecule has 2 atom stereocenters. The number of anilines is 3. The maximum atomic E-state index is 10.3. The molecule has 182 valence electrons. The normalized spacial score (nSPS) is 22.5. The number of nitrogens with one attached hydrogen (secondary N) is 1. The number of piperazine rings is 1. The van der Waals surface area contributed by atoms with Crippen LogP contribution in [0.4, 0.5) is 17.2 Å². The molecule has 2 aromatic carbocycles. The first-order valence-corrected chi connectivity index (χ1v) is 12.9. The molecule has 4 N–H and O–H groups in total. The third-order valence-electron chi connectivity index (χ3n) is 8.00. The molecule has 6 rings (SSSR count). The fraction of sp³-hybridized carbons (Fsp3) is 0.429. The monoisotopic (exact) mass is 470 g/mol. The van der Waals surface area contributed by atoms with E-state index in [0.717, 1.165) is 37.8 Å². The van der Waals surface area contributed by atoms with Gasteiger partial charge in [0.25, 0.3) is 0 Å². The Morgan fingerprint density at radius 3 is 2.46 bits per heavy atom. The average molecular weight is 471 g/mol. The molecule has 3 fully saturated rings. The van der Waals surface area contributed by atoms with E-state index in [-0.39, 0.29) is 5.75 Å². The van der Waals surface area contributed by atoms with Crippen LogP contribution in [-0.2, 0) is 6.42 Å². The molecule has 4 heterocycles. The quantitative estimate of drug-likeness (QED) is 0.522. The van der Waals surface area contributed by atoms with Gasteiger partial charge >= 0.3 is 0 Å². The van der Waals surface area contributed by atoms with Gasteiger partial charge in [-0.25, -0.2) is 0 Å². The molecule has 0 unspecified atom stereocenters. The molecule has 3 aliphatic rings. The second kappa shape index (κ2) is 9.38. The van der Waals surface area contributed by atoms with E-state index in [9.17, 15) is 5.11 Å². The maximum absolute atomic E-state index is 10.3. The molecule has 0 saturated carbocycles. The van der Waals surface area contributed by atoms with Crippen LogP contribution in [-0.4, -0.2) is 53.6 Å². The molecule has 0 aliphatic carbocycles. The van der Waals surface area contributed by atoms with E-state index in [2.05, 4.69) is 49.6 Å². The molecular weight excluding hydrogens is 436 g/mol. The van der Waals surface area contributed by atoms with Crippen LogP contribution in [0.25, 0.3) is 11.3 Å². The van der Waals surface area contributed by atoms with Crippen molar-refractivity contribution in [3.8, 4) is 17.0 Å². The third-order valence-corrected chi connectivity index (χ3v) is 8.00. The van der Waals surface area contributed by atoms with Crippen LogP contribution in [0.15, 0.2) is 54.6 Å². The van der Waals surface area contributed by atoms with Crippen LogP contribution in [0.3, 0.4) is 0 Å². The smallest absolute Gasteiger partial charge is 0.169 e. The number of nitrogen functional groups attached to an aromatic ring is 1. The molecule has 35 heavy (non-hydrogen) atoms. The summed E-state index contributed by atoms with van der Waals surface area (Å²) < 4.78 is 0. The number of rotatable bonds is 5. The highest BCUT2D eigenvalue weighted by Crippen LogP contribution is 2.39. The summed E-state index contributed by atoms with van der Waals surface area (Å²) in [5.41, 5.74) is 11.4. The van der Waals surface area contributed by atoms with Crippen molar-refractivity contribution in [1.82, 2.24) is 15.5 Å². The van der Waals surface area contributed by atoms with Gasteiger partial charge < -0.3 is 26.0 Å². The molecule has 0 spiro atoms. The summed E-state index contributed by atoms with van der Waals surface area (Å²) in [6.07, 6.45) is 6.10. The van der Waals surface area contributed by atoms with Gasteiger partial charge in [0, 0.05) is 36.4 Å². The zero-order chi connectivity index (χ0) is 23.8. The van der Waals surface area contributed by atoms with E-state index in [1.165, 1.54) is 43.4 Å². The van der Waals surface area contributed by atoms with Gasteiger partial charge in [-0.1, -0.05) is 24.3 Å². The lowest BCUT2D eigenvalue weighted by atomic mass is 9.91. The van der Waals surface area contributed by atoms with Crippen molar-refractivity contribution in [2.24, 2.45) is 5.92 Å². The van der Waals surface area contributed by atoms with Crippen LogP contribution < -0.4 is 20.9 Å². The van der Waals surface area contributed by atoms with Crippen molar-refractivity contribution >= 4 is 17.2 Å². The zero-order valence-electron chi connectivity index (χ0n) is 20.1. The van der Waals surface area contributed by atoms with Crippen molar-refractivity contribution in [2.75, 3.05) is 41.7 Å². The van der Waals surface area contributed by atoms with Gasteiger partial charge in [-0.05, 0) is 87.0 Å². The Kier molecular flexibility index (Phi) is 5.94. The molecule has 3 saturated heterocycles. The van der Waals surface area contributed by atoms with Gasteiger partial charge in [-0.2, -0.15) is 0 Å². The number of fused-ring (bicyclic) bond motifs is 2. The fourth-order valence-corrected chi connectivity index (χ4v) is 6.25. The van der Waals surface area contributed by atoms with Gasteiger partial charge in [0.15, 0.2) is 5.82 Å². The van der Waals surface area contributed by atoms with E-state index in [1.807, 2.05) is 24.3 Å². The van der Waals surface area contributed by atoms with E-state index in [0.29, 0.717) is 29.2 Å². The van der Waals surface area contributed by atoms with Crippen LogP contribution in [0.1, 0.15) is 31.2 Å². The van der Waals surface area contributed by atoms with Gasteiger partial charge in [0.1, 0.15) is 5.75 Å². The van der Waals surface area contributed by atoms with Crippen molar-refractivity contribution in [3.63, 3.8) is 0 Å². The summed E-state index contributed by atoms with van der Waals surface area (Å²) in [7, 11) is 0. The number of hydrogen-bond donors (Lipinski definition) is 3. The standard InChI is InChI=1S/C28H34N6O/c29-28-26(16-25(31-32-28)24-6-1-2-7-27(24)35)33-17-22-8-9-23(18-33)34(22)21-5-3-4-20(15-21)14-19-10-12-30-13-11-19/h1-7,15-16,19,22-23,30,35H,8-14,17-18H2,(H2,29,32)/t22-,23+. The first-order valence-electron chi connectivity index (χ1n) is 12.9. The van der Waals surface area contributed by atoms with Crippen molar-refractivity contribution in [2.45, 2.75) is 44.2 Å². The number of phenols is 1. The van der Waals surface area contributed by atoms with Gasteiger partial charge in [0.05, 0.1) is 11.4 Å². The fourth-order valence-electron chi connectivity index (χ4n) is 6.25. The largest absolute Gasteiger partial charge is 0.507 e. The number of piperidine rings is 1. The number of benzene rings is 2. The van der Waals surface area contributed by atoms with Crippen LogP contribution in [0.5, 0.6) is 5.75 Å². The Morgan fingerprint density at radius 1 is 0.914 bits per heavy atom. The molecule has 1 aromatic heterocycles. The Bertz CT molecular complexity index is 1180. The first kappa shape index (κ1) is 22.2. The molecular formula is C28H34N6O. The first-order chi connectivity index (χ1) is 17.2. The number of phenolic OH excluding ortho intramolecular Hbond substituents is 1. The average Bonchev–Trinajstić information content (AvgIpc) is 3.15. The summed E-state index contributed by atoms with van der Waals surface area (Å²) >= 11 is 0. The number of nitrogens with two attached hydrogens (primary N) is 1. The Morgan fingerprint density at radius 2 is 1.69 bits per heavy atom. The van der Waals surface area contributed by atoms with E-state index >= 15 is 0 Å². The number of aromatic nitrogens is 2. The van der Waals surface area contributed by atoms with Crippen molar-refractivity contribution < 1.29 is 5.11 Å². The maximum Gasteiger partial charge on any atom is 0.169 e. The zero-order valence-corrected chi connectivity index (χ0v) is 20.1. The van der Waals surface area contributed by atoms with Gasteiger partial charge in [-0.3, -0.25) is 0 Å². The van der Waals surface area contributed by atoms with Gasteiger partial charge in [-0.15, -0.1) is 10.2 Å². The van der Waals surface area contributed by atoms with Crippen molar-refractivity contribution in [1.29, 1.82) is 0 Å². The minimum absolute atomic E-state index is 0.201. The third kappa shape index (κ3) is 4.41. The number of hydrogen-bond acceptors (Lipinski definition) is 7. The predicted octanol–water partition coefficient (Wildman–Crippen LogP) is 3.83. The van der Waals surface area contributed by atoms with E-state index in [1.54, 1.807) is 6.07 Å². The van der Waals surface area contributed by atoms with Gasteiger partial charge in [0.2, 0.25) is 0 Å². The lowest BCUT2D eigenvalue weighted by Gasteiger charge is -2.43. The molecule has 7 nitrogen and oxygen atoms in total. The summed E-state index contributed by atoms with van der Waals surface area (Å²) in [5.74, 6) is 1.44. The Labute approximate surface area is 207 Å². The molecule has 0 radical (unpaired) electrons. The van der Waals surface area contributed by atoms with Crippen LogP contribution in [0, 0.1) is 5.92 Å². The number of para-hydroxylation sites is 1. The summed E-state index contributed by atoms with van der Waals surface area (Å²) in [6, 6.07) is 19.4. The van der Waals surface area contributed by atoms with Crippen LogP contribution >= 0.6 is 0 Å². The van der Waals surface area contributed by atoms with Crippen LogP contribution in [0.2, 0.25) is 0 Å². The minimum atomic E-state index is 0.201. The van der Waals surface area contributed by atoms with Crippen molar-refractivity contribution in [3.05, 3.63) is 60.2 Å². The van der Waals surface area contributed by atoms with E-state index in [4.69, 9.17) is 5.73 Å². The summed E-state index contributed by atoms with van der Waals surface area (Å²) in [6.45, 7) is 4.11. The molecule has 0 amide bonds. The lowest BCUT2D eigenvalue weighted by molar-refractivity contribution is 0.372. The molecule has 3 aliphatic heterocycles. The molecule has 2 bridgehead atoms. The van der Waals surface area contributed by atoms with E-state index < -0.39 is 0 Å². The minimum Gasteiger partial charge on any atom is -0.507 e. The molecule has 7 heteroatoms. The summed E-state index contributed by atoms with van der Waals surface area (Å²) in [5, 5.41) is 22.3. The lowest BCUT2D eigenvalue weighted by Crippen LogP contribution is -2.54.